The summed E-state index contributed by atoms with van der Waals surface area (Å²) in [4.78, 5) is 19.5. The number of fused-ring (bicyclic) bond motifs is 1. The predicted molar refractivity (Wildman–Crippen MR) is 101 cm³/mol. The lowest BCUT2D eigenvalue weighted by atomic mass is 9.72. The predicted octanol–water partition coefficient (Wildman–Crippen LogP) is 3.14. The fourth-order valence-electron chi connectivity index (χ4n) is 4.55. The maximum Gasteiger partial charge on any atom is 0.309 e. The lowest BCUT2D eigenvalue weighted by Crippen LogP contribution is -2.37. The zero-order valence-corrected chi connectivity index (χ0v) is 16.5. The van der Waals surface area contributed by atoms with E-state index >= 15 is 0 Å². The summed E-state index contributed by atoms with van der Waals surface area (Å²) < 4.78 is 10.9. The number of likely N-dealkylation sites (tertiary alicyclic amines) is 1. The molecule has 1 aromatic heterocycles. The van der Waals surface area contributed by atoms with E-state index in [1.807, 2.05) is 20.0 Å². The summed E-state index contributed by atoms with van der Waals surface area (Å²) in [5, 5.41) is 0. The summed E-state index contributed by atoms with van der Waals surface area (Å²) in [6.45, 7) is 11.2. The quantitative estimate of drug-likeness (QED) is 0.598. The first-order chi connectivity index (χ1) is 12.5. The highest BCUT2D eigenvalue weighted by Crippen LogP contribution is 2.40. The number of nitrogens with zero attached hydrogens (tertiary/aromatic N) is 2. The van der Waals surface area contributed by atoms with E-state index in [0.29, 0.717) is 18.4 Å². The number of methoxy groups -OCH3 is 1. The zero-order valence-electron chi connectivity index (χ0n) is 16.5. The molecule has 26 heavy (non-hydrogen) atoms. The van der Waals surface area contributed by atoms with Gasteiger partial charge in [0.1, 0.15) is 5.75 Å². The van der Waals surface area contributed by atoms with E-state index in [1.165, 1.54) is 0 Å². The van der Waals surface area contributed by atoms with Gasteiger partial charge < -0.3 is 9.47 Å². The molecule has 1 saturated heterocycles. The molecule has 1 aliphatic carbocycles. The van der Waals surface area contributed by atoms with Crippen LogP contribution in [0.3, 0.4) is 0 Å². The van der Waals surface area contributed by atoms with Crippen LogP contribution in [-0.4, -0.2) is 42.7 Å². The van der Waals surface area contributed by atoms with Gasteiger partial charge in [0.25, 0.3) is 0 Å². The molecule has 3 rings (SSSR count). The molecule has 0 unspecified atom stereocenters. The second-order valence-electron chi connectivity index (χ2n) is 7.59. The molecule has 0 aromatic carbocycles. The summed E-state index contributed by atoms with van der Waals surface area (Å²) in [5.74, 6) is 1.79. The number of ether oxygens (including phenoxy) is 2. The Morgan fingerprint density at radius 2 is 2.08 bits per heavy atom. The van der Waals surface area contributed by atoms with Crippen molar-refractivity contribution in [2.24, 2.45) is 23.7 Å². The topological polar surface area (TPSA) is 51.7 Å². The average Bonchev–Trinajstić information content (AvgIpc) is 3.00. The number of carbonyl (C=O) groups is 1. The maximum atomic E-state index is 12.5. The molecular formula is C21H30N2O3. The Kier molecular flexibility index (Phi) is 5.66. The Morgan fingerprint density at radius 1 is 1.31 bits per heavy atom. The number of allylic oxidation sites excluding steroid dienone is 1. The number of hydrogen-bond donors (Lipinski definition) is 0. The molecule has 5 nitrogen and oxygen atoms in total. The van der Waals surface area contributed by atoms with Crippen molar-refractivity contribution >= 4 is 5.97 Å². The van der Waals surface area contributed by atoms with Crippen LogP contribution in [0.2, 0.25) is 0 Å². The third kappa shape index (κ3) is 3.50. The van der Waals surface area contributed by atoms with Gasteiger partial charge in [-0.05, 0) is 38.5 Å². The van der Waals surface area contributed by atoms with Gasteiger partial charge in [0, 0.05) is 37.0 Å². The van der Waals surface area contributed by atoms with Crippen molar-refractivity contribution in [1.29, 1.82) is 0 Å². The molecule has 0 saturated carbocycles. The Hall–Kier alpha value is -1.88. The van der Waals surface area contributed by atoms with Crippen molar-refractivity contribution in [3.05, 3.63) is 35.2 Å². The largest absolute Gasteiger partial charge is 0.496 e. The first-order valence-corrected chi connectivity index (χ1v) is 9.52. The van der Waals surface area contributed by atoms with Gasteiger partial charge in [-0.1, -0.05) is 19.1 Å². The molecule has 0 spiro atoms. The minimum absolute atomic E-state index is 0.0449. The summed E-state index contributed by atoms with van der Waals surface area (Å²) in [6.07, 6.45) is 6.36. The summed E-state index contributed by atoms with van der Waals surface area (Å²) in [7, 11) is 1.71. The van der Waals surface area contributed by atoms with Gasteiger partial charge in [0.2, 0.25) is 0 Å². The number of carbonyl (C=O) groups excluding carboxylic acids is 1. The van der Waals surface area contributed by atoms with E-state index in [0.717, 1.165) is 42.2 Å². The van der Waals surface area contributed by atoms with Crippen LogP contribution in [0.25, 0.3) is 0 Å². The molecule has 0 amide bonds. The molecule has 2 aliphatic rings. The van der Waals surface area contributed by atoms with Gasteiger partial charge in [-0.25, -0.2) is 0 Å². The standard InChI is InChI=1S/C21H30N2O3/c1-6-26-21(24)19-13(2)7-8-16-10-23(11-17(16)19)12-18-15(4)20(25-5)14(3)9-22-18/h7-9,13,16-17,19H,6,10-12H2,1-5H3/t13-,16-,17-,19-/m0/s1. The molecule has 0 bridgehead atoms. The van der Waals surface area contributed by atoms with Crippen LogP contribution in [0, 0.1) is 37.5 Å². The van der Waals surface area contributed by atoms with Crippen molar-refractivity contribution in [2.45, 2.75) is 34.2 Å². The number of esters is 1. The van der Waals surface area contributed by atoms with E-state index in [2.05, 4.69) is 35.9 Å². The Morgan fingerprint density at radius 3 is 2.77 bits per heavy atom. The molecule has 1 aliphatic heterocycles. The Balaban J connectivity index is 1.76. The van der Waals surface area contributed by atoms with E-state index < -0.39 is 0 Å². The van der Waals surface area contributed by atoms with Crippen LogP contribution in [0.5, 0.6) is 5.75 Å². The monoisotopic (exact) mass is 358 g/mol. The molecule has 0 N–H and O–H groups in total. The van der Waals surface area contributed by atoms with Gasteiger partial charge in [-0.2, -0.15) is 0 Å². The van der Waals surface area contributed by atoms with E-state index in [4.69, 9.17) is 9.47 Å². The normalized spacial score (nSPS) is 28.0. The van der Waals surface area contributed by atoms with Gasteiger partial charge in [0.15, 0.2) is 0 Å². The molecule has 4 atom stereocenters. The summed E-state index contributed by atoms with van der Waals surface area (Å²) in [6, 6.07) is 0. The highest BCUT2D eigenvalue weighted by molar-refractivity contribution is 5.74. The Labute approximate surface area is 156 Å². The van der Waals surface area contributed by atoms with Crippen LogP contribution in [0.1, 0.15) is 30.7 Å². The first-order valence-electron chi connectivity index (χ1n) is 9.52. The average molecular weight is 358 g/mol. The lowest BCUT2D eigenvalue weighted by Gasteiger charge is -2.32. The fraction of sp³-hybridized carbons (Fsp3) is 0.619. The summed E-state index contributed by atoms with van der Waals surface area (Å²) >= 11 is 0. The Bertz CT molecular complexity index is 701. The molecule has 142 valence electrons. The third-order valence-corrected chi connectivity index (χ3v) is 5.86. The molecule has 2 heterocycles. The SMILES string of the molecule is CCOC(=O)[C@@H]1[C@H]2CN(Cc3ncc(C)c(OC)c3C)C[C@@H]2C=C[C@@H]1C. The van der Waals surface area contributed by atoms with Gasteiger partial charge >= 0.3 is 5.97 Å². The van der Waals surface area contributed by atoms with Crippen molar-refractivity contribution in [2.75, 3.05) is 26.8 Å². The number of aromatic nitrogens is 1. The van der Waals surface area contributed by atoms with Crippen LogP contribution in [-0.2, 0) is 16.1 Å². The smallest absolute Gasteiger partial charge is 0.309 e. The highest BCUT2D eigenvalue weighted by atomic mass is 16.5. The van der Waals surface area contributed by atoms with Crippen molar-refractivity contribution in [3.8, 4) is 5.75 Å². The highest BCUT2D eigenvalue weighted by Gasteiger charge is 2.44. The van der Waals surface area contributed by atoms with Crippen molar-refractivity contribution < 1.29 is 14.3 Å². The van der Waals surface area contributed by atoms with Crippen LogP contribution < -0.4 is 4.74 Å². The number of pyridine rings is 1. The molecule has 0 radical (unpaired) electrons. The molecule has 1 aromatic rings. The first kappa shape index (κ1) is 18.9. The zero-order chi connectivity index (χ0) is 18.8. The maximum absolute atomic E-state index is 12.5. The van der Waals surface area contributed by atoms with E-state index in [1.54, 1.807) is 7.11 Å². The van der Waals surface area contributed by atoms with Crippen LogP contribution in [0.4, 0.5) is 0 Å². The number of rotatable bonds is 5. The van der Waals surface area contributed by atoms with E-state index in [-0.39, 0.29) is 17.8 Å². The summed E-state index contributed by atoms with van der Waals surface area (Å²) in [5.41, 5.74) is 3.21. The number of hydrogen-bond acceptors (Lipinski definition) is 5. The second-order valence-corrected chi connectivity index (χ2v) is 7.59. The van der Waals surface area contributed by atoms with E-state index in [9.17, 15) is 4.79 Å². The third-order valence-electron chi connectivity index (χ3n) is 5.86. The minimum Gasteiger partial charge on any atom is -0.496 e. The van der Waals surface area contributed by atoms with Crippen molar-refractivity contribution in [1.82, 2.24) is 9.88 Å². The lowest BCUT2D eigenvalue weighted by molar-refractivity contribution is -0.152. The molecular weight excluding hydrogens is 328 g/mol. The van der Waals surface area contributed by atoms with Crippen LogP contribution >= 0.6 is 0 Å². The number of aryl methyl sites for hydroxylation is 1. The van der Waals surface area contributed by atoms with Gasteiger partial charge in [-0.15, -0.1) is 0 Å². The van der Waals surface area contributed by atoms with Crippen LogP contribution in [0.15, 0.2) is 18.3 Å². The van der Waals surface area contributed by atoms with Gasteiger partial charge in [-0.3, -0.25) is 14.7 Å². The second kappa shape index (κ2) is 7.78. The van der Waals surface area contributed by atoms with Crippen molar-refractivity contribution in [3.63, 3.8) is 0 Å². The minimum atomic E-state index is -0.0486. The molecule has 5 heteroatoms. The van der Waals surface area contributed by atoms with Gasteiger partial charge in [0.05, 0.1) is 25.3 Å². The fourth-order valence-corrected chi connectivity index (χ4v) is 4.55. The molecule has 1 fully saturated rings.